The Balaban J connectivity index is 1.32. The van der Waals surface area contributed by atoms with Gasteiger partial charge in [-0.2, -0.15) is 10.4 Å². The highest BCUT2D eigenvalue weighted by molar-refractivity contribution is 5.67. The Morgan fingerprint density at radius 1 is 0.967 bits per heavy atom. The van der Waals surface area contributed by atoms with Gasteiger partial charge in [-0.15, -0.1) is 0 Å². The van der Waals surface area contributed by atoms with Crippen LogP contribution < -0.4 is 4.90 Å². The molecule has 1 saturated heterocycles. The number of hydrogen-bond acceptors (Lipinski definition) is 4. The van der Waals surface area contributed by atoms with Gasteiger partial charge in [-0.3, -0.25) is 9.58 Å². The molecule has 3 aromatic rings. The minimum atomic E-state index is -0.193. The highest BCUT2D eigenvalue weighted by Crippen LogP contribution is 2.24. The predicted molar refractivity (Wildman–Crippen MR) is 117 cm³/mol. The van der Waals surface area contributed by atoms with Crippen LogP contribution in [0.2, 0.25) is 0 Å². The van der Waals surface area contributed by atoms with Crippen molar-refractivity contribution in [2.45, 2.75) is 19.9 Å². The first-order valence-electron chi connectivity index (χ1n) is 10.4. The van der Waals surface area contributed by atoms with Gasteiger partial charge in [0.2, 0.25) is 0 Å². The first kappa shape index (κ1) is 20.1. The summed E-state index contributed by atoms with van der Waals surface area (Å²) in [6.07, 6.45) is 0.984. The molecule has 0 N–H and O–H groups in total. The fraction of sp³-hybridized carbons (Fsp3) is 0.333. The van der Waals surface area contributed by atoms with Gasteiger partial charge in [0.05, 0.1) is 5.69 Å². The van der Waals surface area contributed by atoms with Crippen molar-refractivity contribution in [2.24, 2.45) is 0 Å². The van der Waals surface area contributed by atoms with Gasteiger partial charge in [0, 0.05) is 50.5 Å². The van der Waals surface area contributed by atoms with Crippen LogP contribution in [0.25, 0.3) is 11.3 Å². The number of hydrogen-bond donors (Lipinski definition) is 0. The van der Waals surface area contributed by atoms with Crippen molar-refractivity contribution in [2.75, 3.05) is 37.6 Å². The molecule has 4 rings (SSSR count). The van der Waals surface area contributed by atoms with E-state index < -0.39 is 0 Å². The Hall–Kier alpha value is -3.17. The van der Waals surface area contributed by atoms with E-state index in [0.29, 0.717) is 5.56 Å². The van der Waals surface area contributed by atoms with Crippen LogP contribution >= 0.6 is 0 Å². The molecule has 0 spiro atoms. The lowest BCUT2D eigenvalue weighted by Crippen LogP contribution is -2.46. The average Bonchev–Trinajstić information content (AvgIpc) is 3.11. The van der Waals surface area contributed by atoms with E-state index in [1.807, 2.05) is 54.1 Å². The largest absolute Gasteiger partial charge is 0.369 e. The minimum Gasteiger partial charge on any atom is -0.369 e. The molecule has 30 heavy (non-hydrogen) atoms. The van der Waals surface area contributed by atoms with Gasteiger partial charge in [-0.1, -0.05) is 30.3 Å². The first-order valence-corrected chi connectivity index (χ1v) is 10.4. The Kier molecular flexibility index (Phi) is 6.10. The number of piperazine rings is 1. The summed E-state index contributed by atoms with van der Waals surface area (Å²) in [6.45, 7) is 7.65. The number of benzene rings is 2. The van der Waals surface area contributed by atoms with E-state index in [2.05, 4.69) is 15.9 Å². The van der Waals surface area contributed by atoms with Gasteiger partial charge >= 0.3 is 0 Å². The van der Waals surface area contributed by atoms with Crippen LogP contribution in [0.1, 0.15) is 17.7 Å². The van der Waals surface area contributed by atoms with Crippen molar-refractivity contribution in [1.82, 2.24) is 14.7 Å². The number of anilines is 1. The van der Waals surface area contributed by atoms with E-state index in [0.717, 1.165) is 68.3 Å². The van der Waals surface area contributed by atoms with E-state index in [1.54, 1.807) is 0 Å². The second-order valence-corrected chi connectivity index (χ2v) is 7.67. The Bertz CT molecular complexity index is 1010. The second kappa shape index (κ2) is 9.10. The zero-order valence-corrected chi connectivity index (χ0v) is 17.3. The van der Waals surface area contributed by atoms with E-state index in [-0.39, 0.29) is 5.82 Å². The number of nitrogens with zero attached hydrogens (tertiary/aromatic N) is 5. The van der Waals surface area contributed by atoms with Crippen molar-refractivity contribution in [1.29, 1.82) is 5.26 Å². The summed E-state index contributed by atoms with van der Waals surface area (Å²) >= 11 is 0. The molecule has 6 heteroatoms. The summed E-state index contributed by atoms with van der Waals surface area (Å²) in [5.41, 5.74) is 4.42. The molecule has 5 nitrogen and oxygen atoms in total. The third kappa shape index (κ3) is 4.37. The smallest absolute Gasteiger partial charge is 0.123 e. The van der Waals surface area contributed by atoms with Crippen LogP contribution in [0.5, 0.6) is 0 Å². The SMILES string of the molecule is Cc1c(C#N)c(-c2ccccc2)nn1CCCN1CCN(c2ccc(F)cc2)CC1. The molecule has 1 aliphatic heterocycles. The molecule has 0 saturated carbocycles. The topological polar surface area (TPSA) is 48.1 Å². The number of aryl methyl sites for hydroxylation is 1. The van der Waals surface area contributed by atoms with E-state index in [4.69, 9.17) is 5.10 Å². The van der Waals surface area contributed by atoms with Crippen LogP contribution in [-0.4, -0.2) is 47.4 Å². The molecule has 1 fully saturated rings. The van der Waals surface area contributed by atoms with Crippen molar-refractivity contribution >= 4 is 5.69 Å². The molecule has 0 atom stereocenters. The lowest BCUT2D eigenvalue weighted by molar-refractivity contribution is 0.249. The van der Waals surface area contributed by atoms with Crippen LogP contribution in [0.4, 0.5) is 10.1 Å². The van der Waals surface area contributed by atoms with E-state index >= 15 is 0 Å². The number of halogens is 1. The van der Waals surface area contributed by atoms with Crippen molar-refractivity contribution in [3.05, 3.63) is 71.7 Å². The zero-order chi connectivity index (χ0) is 20.9. The molecule has 0 bridgehead atoms. The van der Waals surface area contributed by atoms with Crippen molar-refractivity contribution in [3.8, 4) is 17.3 Å². The molecule has 2 aromatic carbocycles. The Morgan fingerprint density at radius 2 is 1.67 bits per heavy atom. The zero-order valence-electron chi connectivity index (χ0n) is 17.3. The molecule has 0 aliphatic carbocycles. The number of rotatable bonds is 6. The maximum absolute atomic E-state index is 13.1. The fourth-order valence-corrected chi connectivity index (χ4v) is 4.02. The van der Waals surface area contributed by atoms with Gasteiger partial charge < -0.3 is 4.90 Å². The normalized spacial score (nSPS) is 14.6. The quantitative estimate of drug-likeness (QED) is 0.622. The summed E-state index contributed by atoms with van der Waals surface area (Å²) in [7, 11) is 0. The summed E-state index contributed by atoms with van der Waals surface area (Å²) < 4.78 is 15.1. The predicted octanol–water partition coefficient (Wildman–Crippen LogP) is 4.08. The van der Waals surface area contributed by atoms with Crippen LogP contribution in [0, 0.1) is 24.1 Å². The highest BCUT2D eigenvalue weighted by atomic mass is 19.1. The lowest BCUT2D eigenvalue weighted by atomic mass is 10.1. The summed E-state index contributed by atoms with van der Waals surface area (Å²) in [5, 5.41) is 14.3. The second-order valence-electron chi connectivity index (χ2n) is 7.67. The summed E-state index contributed by atoms with van der Waals surface area (Å²) in [4.78, 5) is 4.76. The van der Waals surface area contributed by atoms with Crippen LogP contribution in [-0.2, 0) is 6.54 Å². The van der Waals surface area contributed by atoms with Crippen LogP contribution in [0.15, 0.2) is 54.6 Å². The lowest BCUT2D eigenvalue weighted by Gasteiger charge is -2.36. The monoisotopic (exact) mass is 403 g/mol. The molecule has 154 valence electrons. The van der Waals surface area contributed by atoms with Gasteiger partial charge in [-0.05, 0) is 37.6 Å². The molecular weight excluding hydrogens is 377 g/mol. The summed E-state index contributed by atoms with van der Waals surface area (Å²) in [5.74, 6) is -0.193. The van der Waals surface area contributed by atoms with Gasteiger partial charge in [-0.25, -0.2) is 4.39 Å². The third-order valence-electron chi connectivity index (χ3n) is 5.77. The number of aromatic nitrogens is 2. The van der Waals surface area contributed by atoms with E-state index in [1.165, 1.54) is 12.1 Å². The Morgan fingerprint density at radius 3 is 2.33 bits per heavy atom. The van der Waals surface area contributed by atoms with Gasteiger partial charge in [0.1, 0.15) is 23.1 Å². The minimum absolute atomic E-state index is 0.193. The highest BCUT2D eigenvalue weighted by Gasteiger charge is 2.18. The molecule has 0 radical (unpaired) electrons. The van der Waals surface area contributed by atoms with Gasteiger partial charge in [0.25, 0.3) is 0 Å². The average molecular weight is 404 g/mol. The maximum Gasteiger partial charge on any atom is 0.123 e. The van der Waals surface area contributed by atoms with Crippen LogP contribution in [0.3, 0.4) is 0 Å². The van der Waals surface area contributed by atoms with Crippen molar-refractivity contribution in [3.63, 3.8) is 0 Å². The number of nitriles is 1. The first-order chi connectivity index (χ1) is 14.7. The van der Waals surface area contributed by atoms with E-state index in [9.17, 15) is 9.65 Å². The molecular formula is C24H26FN5. The molecule has 0 amide bonds. The van der Waals surface area contributed by atoms with Crippen molar-refractivity contribution < 1.29 is 4.39 Å². The molecule has 1 aliphatic rings. The van der Waals surface area contributed by atoms with Gasteiger partial charge in [0.15, 0.2) is 0 Å². The third-order valence-corrected chi connectivity index (χ3v) is 5.77. The molecule has 0 unspecified atom stereocenters. The molecule has 2 heterocycles. The molecule has 1 aromatic heterocycles. The standard InChI is InChI=1S/C24H26FN5/c1-19-23(18-26)24(20-6-3-2-4-7-20)27-30(19)13-5-12-28-14-16-29(17-15-28)22-10-8-21(25)9-11-22/h2-4,6-11H,5,12-17H2,1H3. The maximum atomic E-state index is 13.1. The summed E-state index contributed by atoms with van der Waals surface area (Å²) in [6, 6.07) is 19.0. The fourth-order valence-electron chi connectivity index (χ4n) is 4.02. The Labute approximate surface area is 177 Å².